The lowest BCUT2D eigenvalue weighted by molar-refractivity contribution is 0.243. The molecule has 0 radical (unpaired) electrons. The van der Waals surface area contributed by atoms with Crippen LogP contribution in [0.15, 0.2) is 101 Å². The minimum Gasteiger partial charge on any atom is -0.454 e. The average Bonchev–Trinajstić information content (AvgIpc) is 3.59. The lowest BCUT2D eigenvalue weighted by Gasteiger charge is -2.36. The molecule has 1 atom stereocenters. The second kappa shape index (κ2) is 10.7. The second-order valence-corrected chi connectivity index (χ2v) is 16.4. The highest BCUT2D eigenvalue weighted by Gasteiger charge is 2.54. The smallest absolute Gasteiger partial charge is 0.233 e. The van der Waals surface area contributed by atoms with E-state index in [0.29, 0.717) is 32.6 Å². The van der Waals surface area contributed by atoms with E-state index in [1.807, 2.05) is 30.3 Å². The van der Waals surface area contributed by atoms with Gasteiger partial charge in [0.1, 0.15) is 11.5 Å². The third kappa shape index (κ3) is 4.53. The van der Waals surface area contributed by atoms with Gasteiger partial charge in [-0.3, -0.25) is 0 Å². The number of nitrogens with zero attached hydrogens (tertiary/aromatic N) is 1. The first-order chi connectivity index (χ1) is 19.3. The van der Waals surface area contributed by atoms with Gasteiger partial charge in [-0.1, -0.05) is 112 Å². The molecule has 0 unspecified atom stereocenters. The van der Waals surface area contributed by atoms with Gasteiger partial charge < -0.3 is 8.84 Å². The highest BCUT2D eigenvalue weighted by molar-refractivity contribution is 6.91. The number of fused-ring (bicyclic) bond motifs is 1. The van der Waals surface area contributed by atoms with E-state index in [9.17, 15) is 0 Å². The summed E-state index contributed by atoms with van der Waals surface area (Å²) in [6, 6.07) is 32.7. The Morgan fingerprint density at radius 3 is 2.00 bits per heavy atom. The predicted molar refractivity (Wildman–Crippen MR) is 168 cm³/mol. The Hall–Kier alpha value is -3.15. The molecule has 0 fully saturated rings. The molecule has 1 aliphatic heterocycles. The summed E-state index contributed by atoms with van der Waals surface area (Å²) in [5, 5.41) is 2.31. The zero-order valence-electron chi connectivity index (χ0n) is 23.0. The summed E-state index contributed by atoms with van der Waals surface area (Å²) >= 11 is 12.4. The molecule has 3 heterocycles. The van der Waals surface area contributed by atoms with Crippen molar-refractivity contribution in [2.24, 2.45) is 0 Å². The van der Waals surface area contributed by atoms with Crippen molar-refractivity contribution in [3.63, 3.8) is 0 Å². The van der Waals surface area contributed by atoms with E-state index < -0.39 is 8.32 Å². The molecule has 0 saturated heterocycles. The van der Waals surface area contributed by atoms with Crippen molar-refractivity contribution in [3.05, 3.63) is 118 Å². The highest BCUT2D eigenvalue weighted by atomic mass is 35.5. The molecular formula is C34H31Cl2NO2Si. The molecule has 0 amide bonds. The van der Waals surface area contributed by atoms with Crippen molar-refractivity contribution in [2.45, 2.75) is 44.9 Å². The highest BCUT2D eigenvalue weighted by Crippen LogP contribution is 2.48. The number of halogens is 2. The van der Waals surface area contributed by atoms with Gasteiger partial charge >= 0.3 is 0 Å². The Bertz CT molecular complexity index is 1660. The predicted octanol–water partition coefficient (Wildman–Crippen LogP) is 10.1. The van der Waals surface area contributed by atoms with E-state index in [1.165, 1.54) is 10.8 Å². The summed E-state index contributed by atoms with van der Waals surface area (Å²) in [6.07, 6.45) is -0.165. The van der Waals surface area contributed by atoms with Crippen molar-refractivity contribution >= 4 is 36.7 Å². The van der Waals surface area contributed by atoms with Crippen molar-refractivity contribution in [1.29, 1.82) is 0 Å². The zero-order valence-corrected chi connectivity index (χ0v) is 25.5. The third-order valence-electron chi connectivity index (χ3n) is 7.96. The zero-order chi connectivity index (χ0) is 28.0. The molecule has 202 valence electrons. The SMILES string of the molecule is CC(C)[Si]1(C(C)C)O[C@@H](c2ccccc2)c2cc(-c3ccc(-c4ccc(Cl)c(Cl)c4)o3)nc(-c3ccccc3)c21. The summed E-state index contributed by atoms with van der Waals surface area (Å²) in [4.78, 5) is 5.33. The van der Waals surface area contributed by atoms with Crippen LogP contribution in [0.2, 0.25) is 21.1 Å². The Morgan fingerprint density at radius 2 is 1.35 bits per heavy atom. The van der Waals surface area contributed by atoms with E-state index in [0.717, 1.165) is 28.1 Å². The van der Waals surface area contributed by atoms with Gasteiger partial charge in [-0.2, -0.15) is 0 Å². The normalized spacial score (nSPS) is 16.1. The molecule has 0 N–H and O–H groups in total. The molecule has 3 aromatic carbocycles. The van der Waals surface area contributed by atoms with Crippen LogP contribution in [0, 0.1) is 0 Å². The summed E-state index contributed by atoms with van der Waals surface area (Å²) < 4.78 is 13.7. The molecule has 2 aromatic heterocycles. The van der Waals surface area contributed by atoms with Crippen LogP contribution in [-0.2, 0) is 4.43 Å². The molecule has 3 nitrogen and oxygen atoms in total. The maximum absolute atomic E-state index is 7.32. The Kier molecular flexibility index (Phi) is 7.22. The van der Waals surface area contributed by atoms with E-state index in [-0.39, 0.29) is 6.10 Å². The topological polar surface area (TPSA) is 35.3 Å². The quantitative estimate of drug-likeness (QED) is 0.186. The molecule has 6 rings (SSSR count). The Balaban J connectivity index is 1.60. The van der Waals surface area contributed by atoms with Crippen LogP contribution in [0.1, 0.15) is 44.9 Å². The van der Waals surface area contributed by atoms with Gasteiger partial charge in [0.25, 0.3) is 0 Å². The van der Waals surface area contributed by atoms with E-state index >= 15 is 0 Å². The monoisotopic (exact) mass is 583 g/mol. The van der Waals surface area contributed by atoms with Crippen LogP contribution < -0.4 is 5.19 Å². The van der Waals surface area contributed by atoms with Gasteiger partial charge in [0.2, 0.25) is 8.32 Å². The van der Waals surface area contributed by atoms with E-state index in [4.69, 9.17) is 37.0 Å². The van der Waals surface area contributed by atoms with Crippen molar-refractivity contribution in [2.75, 3.05) is 0 Å². The first kappa shape index (κ1) is 27.0. The summed E-state index contributed by atoms with van der Waals surface area (Å²) in [6.45, 7) is 9.23. The van der Waals surface area contributed by atoms with E-state index in [2.05, 4.69) is 88.4 Å². The lowest BCUT2D eigenvalue weighted by atomic mass is 9.98. The maximum Gasteiger partial charge on any atom is 0.233 e. The number of rotatable bonds is 6. The van der Waals surface area contributed by atoms with Gasteiger partial charge in [-0.25, -0.2) is 4.98 Å². The summed E-state index contributed by atoms with van der Waals surface area (Å²) in [7, 11) is -2.48. The molecule has 6 heteroatoms. The fourth-order valence-corrected chi connectivity index (χ4v) is 11.4. The van der Waals surface area contributed by atoms with E-state index in [1.54, 1.807) is 6.07 Å². The fourth-order valence-electron chi connectivity index (χ4n) is 6.10. The van der Waals surface area contributed by atoms with Crippen LogP contribution in [0.25, 0.3) is 34.0 Å². The van der Waals surface area contributed by atoms with Gasteiger partial charge in [-0.15, -0.1) is 0 Å². The number of aromatic nitrogens is 1. The number of hydrogen-bond donors (Lipinski definition) is 0. The second-order valence-electron chi connectivity index (χ2n) is 11.0. The van der Waals surface area contributed by atoms with Gasteiger partial charge in [0.05, 0.1) is 21.8 Å². The molecule has 0 spiro atoms. The van der Waals surface area contributed by atoms with Crippen LogP contribution in [0.3, 0.4) is 0 Å². The first-order valence-electron chi connectivity index (χ1n) is 13.7. The van der Waals surface area contributed by atoms with Gasteiger partial charge in [0, 0.05) is 16.3 Å². The molecule has 1 aliphatic rings. The van der Waals surface area contributed by atoms with Crippen molar-refractivity contribution in [3.8, 4) is 34.0 Å². The molecular weight excluding hydrogens is 553 g/mol. The number of pyridine rings is 1. The lowest BCUT2D eigenvalue weighted by Crippen LogP contribution is -2.53. The fraction of sp³-hybridized carbons (Fsp3) is 0.206. The number of hydrogen-bond acceptors (Lipinski definition) is 3. The van der Waals surface area contributed by atoms with Crippen LogP contribution >= 0.6 is 23.2 Å². The minimum absolute atomic E-state index is 0.165. The van der Waals surface area contributed by atoms with Crippen molar-refractivity contribution < 1.29 is 8.84 Å². The molecule has 0 saturated carbocycles. The first-order valence-corrected chi connectivity index (χ1v) is 16.5. The Labute approximate surface area is 246 Å². The molecule has 40 heavy (non-hydrogen) atoms. The number of furan rings is 1. The summed E-state index contributed by atoms with van der Waals surface area (Å²) in [5.74, 6) is 1.40. The minimum atomic E-state index is -2.48. The Morgan fingerprint density at radius 1 is 0.700 bits per heavy atom. The molecule has 0 bridgehead atoms. The number of benzene rings is 3. The average molecular weight is 585 g/mol. The largest absolute Gasteiger partial charge is 0.454 e. The molecule has 5 aromatic rings. The molecule has 0 aliphatic carbocycles. The van der Waals surface area contributed by atoms with Gasteiger partial charge in [-0.05, 0) is 58.6 Å². The van der Waals surface area contributed by atoms with Crippen LogP contribution in [-0.4, -0.2) is 13.3 Å². The third-order valence-corrected chi connectivity index (χ3v) is 14.1. The van der Waals surface area contributed by atoms with Crippen LogP contribution in [0.5, 0.6) is 0 Å². The van der Waals surface area contributed by atoms with Crippen LogP contribution in [0.4, 0.5) is 0 Å². The van der Waals surface area contributed by atoms with Crippen molar-refractivity contribution in [1.82, 2.24) is 4.98 Å². The van der Waals surface area contributed by atoms with Gasteiger partial charge in [0.15, 0.2) is 5.76 Å². The maximum atomic E-state index is 7.32. The standard InChI is InChI=1S/C34H31Cl2NO2Si/c1-21(2)40(22(3)4)34-26(33(39-40)24-13-9-6-10-14-24)20-29(37-32(34)23-11-7-5-8-12-23)31-18-17-30(38-31)25-15-16-27(35)28(36)19-25/h5-22,33H,1-4H3/t33-/m0/s1. The summed E-state index contributed by atoms with van der Waals surface area (Å²) in [5.41, 5.74) is 6.80.